The van der Waals surface area contributed by atoms with Gasteiger partial charge >= 0.3 is 0 Å². The largest absolute Gasteiger partial charge is 0.336 e. The lowest BCUT2D eigenvalue weighted by Gasteiger charge is -2.32. The van der Waals surface area contributed by atoms with E-state index in [4.69, 9.17) is 4.99 Å². The summed E-state index contributed by atoms with van der Waals surface area (Å²) in [5, 5.41) is 2.61. The summed E-state index contributed by atoms with van der Waals surface area (Å²) in [5.41, 5.74) is 6.03. The standard InChI is InChI=1S/C26H20N2/c1-3-10-20(11-4-1)24-18-28-25-21(16-15-19-9-7-8-14-23(19)25)17-26(28,27-24)22-12-5-2-6-13-22/h1-16H,17-18H2/t26-/m0/s1. The molecule has 0 N–H and O–H groups in total. The summed E-state index contributed by atoms with van der Waals surface area (Å²) >= 11 is 0. The van der Waals surface area contributed by atoms with Crippen molar-refractivity contribution in [3.63, 3.8) is 0 Å². The molecule has 6 rings (SSSR count). The number of aliphatic imine (C=N–C) groups is 1. The van der Waals surface area contributed by atoms with E-state index in [1.807, 2.05) is 0 Å². The van der Waals surface area contributed by atoms with Crippen LogP contribution in [0, 0.1) is 0 Å². The van der Waals surface area contributed by atoms with Crippen LogP contribution >= 0.6 is 0 Å². The summed E-state index contributed by atoms with van der Waals surface area (Å²) < 4.78 is 0. The molecule has 4 aromatic rings. The molecule has 0 saturated heterocycles. The van der Waals surface area contributed by atoms with Gasteiger partial charge in [0.05, 0.1) is 17.9 Å². The third kappa shape index (κ3) is 2.12. The summed E-state index contributed by atoms with van der Waals surface area (Å²) in [5.74, 6) is 0. The molecule has 4 aromatic carbocycles. The second-order valence-electron chi connectivity index (χ2n) is 7.66. The molecule has 2 nitrogen and oxygen atoms in total. The minimum Gasteiger partial charge on any atom is -0.336 e. The van der Waals surface area contributed by atoms with Crippen molar-refractivity contribution in [3.05, 3.63) is 114 Å². The first-order valence-corrected chi connectivity index (χ1v) is 9.83. The van der Waals surface area contributed by atoms with Crippen LogP contribution < -0.4 is 4.90 Å². The van der Waals surface area contributed by atoms with Crippen LogP contribution in [0.4, 0.5) is 5.69 Å². The molecule has 0 amide bonds. The van der Waals surface area contributed by atoms with Gasteiger partial charge in [-0.3, -0.25) is 4.99 Å². The molecule has 2 aliphatic rings. The predicted octanol–water partition coefficient (Wildman–Crippen LogP) is 5.56. The van der Waals surface area contributed by atoms with Gasteiger partial charge in [0.2, 0.25) is 0 Å². The number of benzene rings is 4. The van der Waals surface area contributed by atoms with Gasteiger partial charge in [-0.1, -0.05) is 97.1 Å². The van der Waals surface area contributed by atoms with E-state index in [0.29, 0.717) is 0 Å². The molecule has 0 saturated carbocycles. The highest BCUT2D eigenvalue weighted by molar-refractivity contribution is 6.09. The van der Waals surface area contributed by atoms with Gasteiger partial charge in [0.1, 0.15) is 0 Å². The Morgan fingerprint density at radius 1 is 0.714 bits per heavy atom. The first-order chi connectivity index (χ1) is 13.9. The fourth-order valence-electron chi connectivity index (χ4n) is 4.84. The Bertz CT molecular complexity index is 1210. The van der Waals surface area contributed by atoms with Gasteiger partial charge in [0, 0.05) is 11.8 Å². The molecule has 0 aromatic heterocycles. The van der Waals surface area contributed by atoms with Crippen LogP contribution in [0.15, 0.2) is 102 Å². The molecule has 0 bridgehead atoms. The Morgan fingerprint density at radius 2 is 1.43 bits per heavy atom. The van der Waals surface area contributed by atoms with Crippen molar-refractivity contribution in [1.82, 2.24) is 0 Å². The Balaban J connectivity index is 1.60. The Hall–Kier alpha value is -3.39. The topological polar surface area (TPSA) is 15.6 Å². The number of rotatable bonds is 2. The molecule has 2 heterocycles. The minimum atomic E-state index is -0.348. The van der Waals surface area contributed by atoms with Crippen LogP contribution in [0.2, 0.25) is 0 Å². The van der Waals surface area contributed by atoms with Crippen LogP contribution in [0.25, 0.3) is 10.8 Å². The molecule has 2 aliphatic heterocycles. The maximum Gasteiger partial charge on any atom is 0.162 e. The highest BCUT2D eigenvalue weighted by atomic mass is 15.4. The predicted molar refractivity (Wildman–Crippen MR) is 116 cm³/mol. The van der Waals surface area contributed by atoms with E-state index in [2.05, 4.69) is 102 Å². The summed E-state index contributed by atoms with van der Waals surface area (Å²) in [6.07, 6.45) is 0.910. The maximum absolute atomic E-state index is 5.39. The first kappa shape index (κ1) is 15.6. The SMILES string of the molecule is c1ccc(C2=N[C@@]3(c4ccccc4)Cc4ccc5ccccc5c4N3C2)cc1. The summed E-state index contributed by atoms with van der Waals surface area (Å²) in [6.45, 7) is 0.833. The lowest BCUT2D eigenvalue weighted by molar-refractivity contribution is 0.482. The van der Waals surface area contributed by atoms with Crippen LogP contribution in [-0.2, 0) is 12.1 Å². The molecular formula is C26H20N2. The second kappa shape index (κ2) is 5.80. The van der Waals surface area contributed by atoms with Gasteiger partial charge in [0.15, 0.2) is 5.66 Å². The molecule has 28 heavy (non-hydrogen) atoms. The van der Waals surface area contributed by atoms with E-state index < -0.39 is 0 Å². The van der Waals surface area contributed by atoms with Crippen LogP contribution in [-0.4, -0.2) is 12.3 Å². The summed E-state index contributed by atoms with van der Waals surface area (Å²) in [4.78, 5) is 7.92. The highest BCUT2D eigenvalue weighted by Gasteiger charge is 2.49. The average Bonchev–Trinajstić information content (AvgIpc) is 3.29. The van der Waals surface area contributed by atoms with Gasteiger partial charge in [-0.05, 0) is 22.1 Å². The Labute approximate surface area is 164 Å². The molecule has 0 fully saturated rings. The lowest BCUT2D eigenvalue weighted by atomic mass is 9.95. The van der Waals surface area contributed by atoms with Gasteiger partial charge < -0.3 is 4.90 Å². The van der Waals surface area contributed by atoms with Crippen molar-refractivity contribution < 1.29 is 0 Å². The summed E-state index contributed by atoms with van der Waals surface area (Å²) in [7, 11) is 0. The normalized spacial score (nSPS) is 20.1. The first-order valence-electron chi connectivity index (χ1n) is 9.83. The van der Waals surface area contributed by atoms with E-state index in [1.165, 1.54) is 38.9 Å². The van der Waals surface area contributed by atoms with E-state index >= 15 is 0 Å². The quantitative estimate of drug-likeness (QED) is 0.457. The van der Waals surface area contributed by atoms with Crippen LogP contribution in [0.5, 0.6) is 0 Å². The van der Waals surface area contributed by atoms with E-state index in [9.17, 15) is 0 Å². The van der Waals surface area contributed by atoms with E-state index in [-0.39, 0.29) is 5.66 Å². The monoisotopic (exact) mass is 360 g/mol. The number of fused-ring (bicyclic) bond motifs is 5. The highest BCUT2D eigenvalue weighted by Crippen LogP contribution is 2.51. The van der Waals surface area contributed by atoms with E-state index in [1.54, 1.807) is 0 Å². The minimum absolute atomic E-state index is 0.348. The van der Waals surface area contributed by atoms with Crippen LogP contribution in [0.1, 0.15) is 16.7 Å². The van der Waals surface area contributed by atoms with Crippen molar-refractivity contribution in [2.75, 3.05) is 11.4 Å². The Morgan fingerprint density at radius 3 is 2.25 bits per heavy atom. The number of anilines is 1. The Kier molecular flexibility index (Phi) is 3.24. The fourth-order valence-corrected chi connectivity index (χ4v) is 4.84. The van der Waals surface area contributed by atoms with Gasteiger partial charge in [-0.25, -0.2) is 0 Å². The number of hydrogen-bond acceptors (Lipinski definition) is 2. The van der Waals surface area contributed by atoms with Crippen molar-refractivity contribution >= 4 is 22.2 Å². The number of nitrogens with zero attached hydrogens (tertiary/aromatic N) is 2. The summed E-state index contributed by atoms with van der Waals surface area (Å²) in [6, 6.07) is 34.6. The molecule has 0 radical (unpaired) electrons. The maximum atomic E-state index is 5.39. The van der Waals surface area contributed by atoms with Crippen molar-refractivity contribution in [2.45, 2.75) is 12.1 Å². The molecule has 134 valence electrons. The zero-order valence-corrected chi connectivity index (χ0v) is 15.5. The van der Waals surface area contributed by atoms with Crippen LogP contribution in [0.3, 0.4) is 0 Å². The van der Waals surface area contributed by atoms with Gasteiger partial charge in [-0.2, -0.15) is 0 Å². The zero-order valence-electron chi connectivity index (χ0n) is 15.5. The van der Waals surface area contributed by atoms with Crippen molar-refractivity contribution in [3.8, 4) is 0 Å². The van der Waals surface area contributed by atoms with Crippen molar-refractivity contribution in [1.29, 1.82) is 0 Å². The molecule has 0 aliphatic carbocycles. The lowest BCUT2D eigenvalue weighted by Crippen LogP contribution is -2.39. The fraction of sp³-hybridized carbons (Fsp3) is 0.115. The number of hydrogen-bond donors (Lipinski definition) is 0. The van der Waals surface area contributed by atoms with Gasteiger partial charge in [0.25, 0.3) is 0 Å². The molecule has 1 atom stereocenters. The third-order valence-electron chi connectivity index (χ3n) is 6.11. The molecule has 0 unspecified atom stereocenters. The second-order valence-corrected chi connectivity index (χ2v) is 7.66. The molecule has 0 spiro atoms. The molecular weight excluding hydrogens is 340 g/mol. The van der Waals surface area contributed by atoms with E-state index in [0.717, 1.165) is 13.0 Å². The average molecular weight is 360 g/mol. The third-order valence-corrected chi connectivity index (χ3v) is 6.11. The molecule has 2 heteroatoms. The van der Waals surface area contributed by atoms with Gasteiger partial charge in [-0.15, -0.1) is 0 Å². The zero-order chi connectivity index (χ0) is 18.6. The van der Waals surface area contributed by atoms with Crippen molar-refractivity contribution in [2.24, 2.45) is 4.99 Å². The smallest absolute Gasteiger partial charge is 0.162 e.